The summed E-state index contributed by atoms with van der Waals surface area (Å²) in [6.07, 6.45) is 2.43. The summed E-state index contributed by atoms with van der Waals surface area (Å²) in [6.45, 7) is 7.89. The molecule has 31 heavy (non-hydrogen) atoms. The van der Waals surface area contributed by atoms with Gasteiger partial charge in [0.1, 0.15) is 5.57 Å². The summed E-state index contributed by atoms with van der Waals surface area (Å²) in [5.41, 5.74) is 3.22. The van der Waals surface area contributed by atoms with E-state index in [-0.39, 0.29) is 16.8 Å². The van der Waals surface area contributed by atoms with Gasteiger partial charge in [-0.05, 0) is 80.4 Å². The van der Waals surface area contributed by atoms with E-state index in [1.165, 1.54) is 11.0 Å². The molecule has 0 bridgehead atoms. The lowest BCUT2D eigenvalue weighted by molar-refractivity contribution is -0.122. The van der Waals surface area contributed by atoms with Crippen LogP contribution in [0.5, 0.6) is 11.5 Å². The molecule has 0 spiro atoms. The first-order valence-electron chi connectivity index (χ1n) is 10.1. The molecule has 3 rings (SSSR count). The van der Waals surface area contributed by atoms with Gasteiger partial charge in [0.2, 0.25) is 0 Å². The van der Waals surface area contributed by atoms with E-state index in [4.69, 9.17) is 21.7 Å². The second-order valence-electron chi connectivity index (χ2n) is 7.42. The topological polar surface area (TPSA) is 67.9 Å². The third kappa shape index (κ3) is 4.61. The maximum atomic E-state index is 13.3. The van der Waals surface area contributed by atoms with Crippen LogP contribution in [0.15, 0.2) is 42.0 Å². The number of amides is 2. The number of hydrogen-bond acceptors (Lipinski definition) is 5. The average Bonchev–Trinajstić information content (AvgIpc) is 2.74. The minimum Gasteiger partial charge on any atom is -0.493 e. The van der Waals surface area contributed by atoms with Crippen molar-refractivity contribution in [1.82, 2.24) is 5.32 Å². The molecule has 1 aliphatic rings. The molecule has 1 fully saturated rings. The number of benzene rings is 2. The van der Waals surface area contributed by atoms with Crippen LogP contribution in [0.25, 0.3) is 6.08 Å². The molecule has 1 heterocycles. The SMILES string of the molecule is CC[C@H](C)Oc1ccc(/C=C2\C(=O)NC(=S)N(c3cccc(C)c3C)C2=O)cc1OC. The molecule has 0 aromatic heterocycles. The molecule has 0 radical (unpaired) electrons. The first-order chi connectivity index (χ1) is 14.8. The van der Waals surface area contributed by atoms with E-state index in [1.54, 1.807) is 25.3 Å². The molecule has 1 atom stereocenters. The fourth-order valence-corrected chi connectivity index (χ4v) is 3.47. The van der Waals surface area contributed by atoms with Gasteiger partial charge in [-0.2, -0.15) is 0 Å². The van der Waals surface area contributed by atoms with Crippen LogP contribution < -0.4 is 19.7 Å². The number of methoxy groups -OCH3 is 1. The van der Waals surface area contributed by atoms with Gasteiger partial charge in [-0.1, -0.05) is 25.1 Å². The summed E-state index contributed by atoms with van der Waals surface area (Å²) in [5.74, 6) is 0.133. The number of ether oxygens (including phenoxy) is 2. The number of nitrogens with one attached hydrogen (secondary N) is 1. The monoisotopic (exact) mass is 438 g/mol. The average molecular weight is 439 g/mol. The van der Waals surface area contributed by atoms with E-state index in [1.807, 2.05) is 45.9 Å². The molecule has 2 aromatic carbocycles. The molecule has 2 amide bonds. The fourth-order valence-electron chi connectivity index (χ4n) is 3.19. The third-order valence-electron chi connectivity index (χ3n) is 5.32. The van der Waals surface area contributed by atoms with Gasteiger partial charge in [0.25, 0.3) is 11.8 Å². The van der Waals surface area contributed by atoms with Crippen LogP contribution in [-0.2, 0) is 9.59 Å². The van der Waals surface area contributed by atoms with Crippen LogP contribution in [-0.4, -0.2) is 30.1 Å². The van der Waals surface area contributed by atoms with Gasteiger partial charge in [-0.15, -0.1) is 0 Å². The molecular weight excluding hydrogens is 412 g/mol. The molecule has 1 N–H and O–H groups in total. The van der Waals surface area contributed by atoms with Crippen molar-refractivity contribution >= 4 is 40.9 Å². The number of hydrogen-bond donors (Lipinski definition) is 1. The molecule has 162 valence electrons. The lowest BCUT2D eigenvalue weighted by Crippen LogP contribution is -2.54. The number of carbonyl (C=O) groups is 2. The first-order valence-corrected chi connectivity index (χ1v) is 10.5. The van der Waals surface area contributed by atoms with E-state index in [0.717, 1.165) is 17.5 Å². The summed E-state index contributed by atoms with van der Waals surface area (Å²) >= 11 is 5.30. The molecule has 0 aliphatic carbocycles. The van der Waals surface area contributed by atoms with Crippen molar-refractivity contribution in [3.05, 3.63) is 58.7 Å². The van der Waals surface area contributed by atoms with Gasteiger partial charge in [-0.25, -0.2) is 0 Å². The van der Waals surface area contributed by atoms with Gasteiger partial charge >= 0.3 is 0 Å². The predicted molar refractivity (Wildman–Crippen MR) is 125 cm³/mol. The molecule has 7 heteroatoms. The van der Waals surface area contributed by atoms with Gasteiger partial charge in [-0.3, -0.25) is 19.8 Å². The largest absolute Gasteiger partial charge is 0.493 e. The molecule has 1 saturated heterocycles. The Labute approximate surface area is 187 Å². The highest BCUT2D eigenvalue weighted by Crippen LogP contribution is 2.31. The number of carbonyl (C=O) groups excluding carboxylic acids is 2. The number of anilines is 1. The Balaban J connectivity index is 1.99. The smallest absolute Gasteiger partial charge is 0.270 e. The second-order valence-corrected chi connectivity index (χ2v) is 7.81. The highest BCUT2D eigenvalue weighted by atomic mass is 32.1. The van der Waals surface area contributed by atoms with Crippen molar-refractivity contribution in [1.29, 1.82) is 0 Å². The van der Waals surface area contributed by atoms with Crippen LogP contribution in [0, 0.1) is 13.8 Å². The molecule has 0 saturated carbocycles. The summed E-state index contributed by atoms with van der Waals surface area (Å²) in [5, 5.41) is 2.69. The van der Waals surface area contributed by atoms with Crippen molar-refractivity contribution in [2.75, 3.05) is 12.0 Å². The summed E-state index contributed by atoms with van der Waals surface area (Å²) in [4.78, 5) is 27.2. The molecule has 6 nitrogen and oxygen atoms in total. The van der Waals surface area contributed by atoms with Crippen LogP contribution in [0.2, 0.25) is 0 Å². The zero-order chi connectivity index (χ0) is 22.7. The van der Waals surface area contributed by atoms with Crippen molar-refractivity contribution in [2.24, 2.45) is 0 Å². The van der Waals surface area contributed by atoms with E-state index in [0.29, 0.717) is 22.7 Å². The van der Waals surface area contributed by atoms with Crippen LogP contribution >= 0.6 is 12.2 Å². The second kappa shape index (κ2) is 9.31. The van der Waals surface area contributed by atoms with Crippen molar-refractivity contribution in [3.63, 3.8) is 0 Å². The molecule has 0 unspecified atom stereocenters. The van der Waals surface area contributed by atoms with Crippen LogP contribution in [0.4, 0.5) is 5.69 Å². The quantitative estimate of drug-likeness (QED) is 0.413. The first kappa shape index (κ1) is 22.5. The predicted octanol–water partition coefficient (Wildman–Crippen LogP) is 4.32. The Morgan fingerprint density at radius 2 is 1.90 bits per heavy atom. The Hall–Kier alpha value is -3.19. The van der Waals surface area contributed by atoms with Gasteiger partial charge in [0.05, 0.1) is 18.9 Å². The van der Waals surface area contributed by atoms with Crippen LogP contribution in [0.1, 0.15) is 37.0 Å². The Bertz CT molecular complexity index is 1080. The fraction of sp³-hybridized carbons (Fsp3) is 0.292. The zero-order valence-corrected chi connectivity index (χ0v) is 19.1. The maximum Gasteiger partial charge on any atom is 0.270 e. The highest BCUT2D eigenvalue weighted by Gasteiger charge is 2.35. The van der Waals surface area contributed by atoms with Gasteiger partial charge in [0.15, 0.2) is 16.6 Å². The third-order valence-corrected chi connectivity index (χ3v) is 5.61. The standard InChI is InChI=1S/C24H26N2O4S/c1-6-15(3)30-20-11-10-17(13-21(20)29-5)12-18-22(27)25-24(31)26(23(18)28)19-9-7-8-14(2)16(19)4/h7-13,15H,6H2,1-5H3,(H,25,27,31)/b18-12+/t15-/m0/s1. The molecule has 2 aromatic rings. The summed E-state index contributed by atoms with van der Waals surface area (Å²) in [7, 11) is 1.55. The Morgan fingerprint density at radius 3 is 2.58 bits per heavy atom. The zero-order valence-electron chi connectivity index (χ0n) is 18.3. The number of thiocarbonyl (C=S) groups is 1. The number of nitrogens with zero attached hydrogens (tertiary/aromatic N) is 1. The summed E-state index contributed by atoms with van der Waals surface area (Å²) in [6, 6.07) is 10.9. The van der Waals surface area contributed by atoms with E-state index < -0.39 is 11.8 Å². The van der Waals surface area contributed by atoms with Crippen molar-refractivity contribution in [2.45, 2.75) is 40.2 Å². The molecular formula is C24H26N2O4S. The molecule has 1 aliphatic heterocycles. The van der Waals surface area contributed by atoms with Crippen molar-refractivity contribution < 1.29 is 19.1 Å². The Morgan fingerprint density at radius 1 is 1.16 bits per heavy atom. The van der Waals surface area contributed by atoms with Crippen molar-refractivity contribution in [3.8, 4) is 11.5 Å². The van der Waals surface area contributed by atoms with E-state index in [2.05, 4.69) is 5.32 Å². The Kier molecular flexibility index (Phi) is 6.75. The minimum atomic E-state index is -0.532. The number of rotatable bonds is 6. The highest BCUT2D eigenvalue weighted by molar-refractivity contribution is 7.80. The van der Waals surface area contributed by atoms with E-state index in [9.17, 15) is 9.59 Å². The normalized spacial score (nSPS) is 16.4. The van der Waals surface area contributed by atoms with Crippen LogP contribution in [0.3, 0.4) is 0 Å². The lowest BCUT2D eigenvalue weighted by Gasteiger charge is -2.30. The summed E-state index contributed by atoms with van der Waals surface area (Å²) < 4.78 is 11.3. The van der Waals surface area contributed by atoms with Gasteiger partial charge < -0.3 is 9.47 Å². The minimum absolute atomic E-state index is 0.00727. The van der Waals surface area contributed by atoms with Gasteiger partial charge in [0, 0.05) is 0 Å². The maximum absolute atomic E-state index is 13.3. The lowest BCUT2D eigenvalue weighted by atomic mass is 10.0. The van der Waals surface area contributed by atoms with E-state index >= 15 is 0 Å². The number of aryl methyl sites for hydroxylation is 1.